The third-order valence-corrected chi connectivity index (χ3v) is 4.38. The Morgan fingerprint density at radius 2 is 2.04 bits per heavy atom. The van der Waals surface area contributed by atoms with E-state index in [4.69, 9.17) is 0 Å². The molecule has 1 aliphatic rings. The Labute approximate surface area is 160 Å². The predicted octanol–water partition coefficient (Wildman–Crippen LogP) is 0.893. The van der Waals surface area contributed by atoms with Crippen molar-refractivity contribution in [3.63, 3.8) is 0 Å². The number of pyridine rings is 1. The molecule has 0 saturated carbocycles. The summed E-state index contributed by atoms with van der Waals surface area (Å²) in [6.45, 7) is 8.82. The highest BCUT2D eigenvalue weighted by Crippen LogP contribution is 2.13. The van der Waals surface area contributed by atoms with E-state index in [1.807, 2.05) is 13.8 Å². The van der Waals surface area contributed by atoms with Crippen LogP contribution in [-0.2, 0) is 11.3 Å². The second kappa shape index (κ2) is 9.73. The van der Waals surface area contributed by atoms with Gasteiger partial charge in [0.1, 0.15) is 6.54 Å². The van der Waals surface area contributed by atoms with Crippen LogP contribution in [0.2, 0.25) is 0 Å². The largest absolute Gasteiger partial charge is 0.352 e. The molecule has 0 spiro atoms. The van der Waals surface area contributed by atoms with E-state index in [1.165, 1.54) is 10.6 Å². The fraction of sp³-hybridized carbons (Fsp3) is 0.611. The van der Waals surface area contributed by atoms with Gasteiger partial charge in [-0.05, 0) is 52.6 Å². The predicted molar refractivity (Wildman–Crippen MR) is 104 cm³/mol. The molecule has 1 saturated heterocycles. The summed E-state index contributed by atoms with van der Waals surface area (Å²) in [6.07, 6.45) is 1.96. The maximum atomic E-state index is 12.7. The molecular weight excluding hydrogens is 356 g/mol. The molecule has 26 heavy (non-hydrogen) atoms. The fourth-order valence-corrected chi connectivity index (χ4v) is 3.20. The number of rotatable bonds is 5. The van der Waals surface area contributed by atoms with Crippen LogP contribution in [-0.4, -0.2) is 41.6 Å². The Morgan fingerprint density at radius 3 is 2.62 bits per heavy atom. The zero-order valence-corrected chi connectivity index (χ0v) is 16.7. The van der Waals surface area contributed by atoms with Crippen molar-refractivity contribution < 1.29 is 9.59 Å². The maximum absolute atomic E-state index is 12.7. The van der Waals surface area contributed by atoms with E-state index in [-0.39, 0.29) is 48.4 Å². The van der Waals surface area contributed by atoms with Gasteiger partial charge in [0.05, 0.1) is 5.56 Å². The summed E-state index contributed by atoms with van der Waals surface area (Å²) < 4.78 is 1.36. The highest BCUT2D eigenvalue weighted by molar-refractivity contribution is 5.97. The molecule has 0 aliphatic carbocycles. The summed E-state index contributed by atoms with van der Waals surface area (Å²) >= 11 is 0. The summed E-state index contributed by atoms with van der Waals surface area (Å²) in [5, 5.41) is 9.06. The van der Waals surface area contributed by atoms with E-state index in [9.17, 15) is 14.4 Å². The number of halogens is 1. The Hall–Kier alpha value is -1.86. The van der Waals surface area contributed by atoms with Crippen LogP contribution in [0.5, 0.6) is 0 Å². The molecule has 2 heterocycles. The standard InChI is InChI=1S/C18H28N4O3.ClH/c1-11(2)20-15(23)10-22-13(4)17(12(3)8-16(22)24)18(25)21-14-6-5-7-19-9-14;/h8,11,14,19H,5-7,9-10H2,1-4H3,(H,20,23)(H,21,25);1H/t14-;/m0./s1. The lowest BCUT2D eigenvalue weighted by atomic mass is 10.0. The molecule has 2 rings (SSSR count). The van der Waals surface area contributed by atoms with Crippen LogP contribution in [0, 0.1) is 13.8 Å². The number of nitrogens with one attached hydrogen (secondary N) is 3. The van der Waals surface area contributed by atoms with Gasteiger partial charge in [-0.15, -0.1) is 12.4 Å². The molecule has 1 aromatic heterocycles. The number of hydrogen-bond acceptors (Lipinski definition) is 4. The molecule has 1 fully saturated rings. The minimum absolute atomic E-state index is 0. The van der Waals surface area contributed by atoms with Crippen molar-refractivity contribution in [1.82, 2.24) is 20.5 Å². The number of aromatic nitrogens is 1. The second-order valence-corrected chi connectivity index (χ2v) is 6.95. The molecular formula is C18H29ClN4O3. The van der Waals surface area contributed by atoms with Crippen LogP contribution < -0.4 is 21.5 Å². The highest BCUT2D eigenvalue weighted by Gasteiger charge is 2.21. The van der Waals surface area contributed by atoms with E-state index in [1.54, 1.807) is 13.8 Å². The molecule has 2 amide bonds. The maximum Gasteiger partial charge on any atom is 0.253 e. The van der Waals surface area contributed by atoms with Gasteiger partial charge in [-0.25, -0.2) is 0 Å². The van der Waals surface area contributed by atoms with Gasteiger partial charge >= 0.3 is 0 Å². The van der Waals surface area contributed by atoms with Crippen molar-refractivity contribution >= 4 is 24.2 Å². The Kier molecular flexibility index (Phi) is 8.30. The Balaban J connectivity index is 0.00000338. The quantitative estimate of drug-likeness (QED) is 0.703. The lowest BCUT2D eigenvalue weighted by Gasteiger charge is -2.25. The SMILES string of the molecule is Cc1cc(=O)n(CC(=O)NC(C)C)c(C)c1C(=O)N[C@H]1CCCNC1.Cl. The van der Waals surface area contributed by atoms with Crippen molar-refractivity contribution in [2.45, 2.75) is 59.2 Å². The summed E-state index contributed by atoms with van der Waals surface area (Å²) in [5.41, 5.74) is 1.35. The summed E-state index contributed by atoms with van der Waals surface area (Å²) in [4.78, 5) is 37.0. The smallest absolute Gasteiger partial charge is 0.253 e. The Bertz CT molecular complexity index is 709. The normalized spacial score (nSPS) is 16.7. The number of hydrogen-bond donors (Lipinski definition) is 3. The number of carbonyl (C=O) groups is 2. The van der Waals surface area contributed by atoms with Gasteiger partial charge in [0.25, 0.3) is 11.5 Å². The first kappa shape index (κ1) is 22.2. The molecule has 3 N–H and O–H groups in total. The van der Waals surface area contributed by atoms with Gasteiger partial charge < -0.3 is 20.5 Å². The topological polar surface area (TPSA) is 92.2 Å². The third kappa shape index (κ3) is 5.57. The zero-order valence-electron chi connectivity index (χ0n) is 15.8. The van der Waals surface area contributed by atoms with Crippen molar-refractivity contribution in [3.05, 3.63) is 33.2 Å². The summed E-state index contributed by atoms with van der Waals surface area (Å²) in [6, 6.07) is 1.50. The minimum atomic E-state index is -0.273. The second-order valence-electron chi connectivity index (χ2n) is 6.95. The monoisotopic (exact) mass is 384 g/mol. The molecule has 146 valence electrons. The van der Waals surface area contributed by atoms with Crippen molar-refractivity contribution in [2.75, 3.05) is 13.1 Å². The number of piperidine rings is 1. The molecule has 1 atom stereocenters. The van der Waals surface area contributed by atoms with E-state index in [0.717, 1.165) is 25.9 Å². The zero-order chi connectivity index (χ0) is 18.6. The average molecular weight is 385 g/mol. The van der Waals surface area contributed by atoms with Gasteiger partial charge in [-0.2, -0.15) is 0 Å². The van der Waals surface area contributed by atoms with Crippen LogP contribution >= 0.6 is 12.4 Å². The molecule has 0 aromatic carbocycles. The van der Waals surface area contributed by atoms with Crippen molar-refractivity contribution in [2.24, 2.45) is 0 Å². The van der Waals surface area contributed by atoms with Crippen LogP contribution in [0.1, 0.15) is 48.3 Å². The molecule has 0 unspecified atom stereocenters. The van der Waals surface area contributed by atoms with E-state index >= 15 is 0 Å². The molecule has 8 heteroatoms. The lowest BCUT2D eigenvalue weighted by Crippen LogP contribution is -2.46. The Morgan fingerprint density at radius 1 is 1.35 bits per heavy atom. The van der Waals surface area contributed by atoms with Gasteiger partial charge in [0, 0.05) is 30.4 Å². The van der Waals surface area contributed by atoms with Crippen LogP contribution in [0.25, 0.3) is 0 Å². The molecule has 1 aliphatic heterocycles. The van der Waals surface area contributed by atoms with Crippen LogP contribution in [0.15, 0.2) is 10.9 Å². The minimum Gasteiger partial charge on any atom is -0.352 e. The highest BCUT2D eigenvalue weighted by atomic mass is 35.5. The van der Waals surface area contributed by atoms with E-state index < -0.39 is 0 Å². The first-order chi connectivity index (χ1) is 11.8. The molecule has 7 nitrogen and oxygen atoms in total. The van der Waals surface area contributed by atoms with E-state index in [0.29, 0.717) is 16.8 Å². The van der Waals surface area contributed by atoms with E-state index in [2.05, 4.69) is 16.0 Å². The summed E-state index contributed by atoms with van der Waals surface area (Å²) in [5.74, 6) is -0.436. The van der Waals surface area contributed by atoms with Crippen molar-refractivity contribution in [1.29, 1.82) is 0 Å². The fourth-order valence-electron chi connectivity index (χ4n) is 3.20. The summed E-state index contributed by atoms with van der Waals surface area (Å²) in [7, 11) is 0. The number of carbonyl (C=O) groups excluding carboxylic acids is 2. The van der Waals surface area contributed by atoms with Gasteiger partial charge in [-0.1, -0.05) is 0 Å². The van der Waals surface area contributed by atoms with Crippen LogP contribution in [0.3, 0.4) is 0 Å². The van der Waals surface area contributed by atoms with Gasteiger partial charge in [0.2, 0.25) is 5.91 Å². The van der Waals surface area contributed by atoms with Crippen molar-refractivity contribution in [3.8, 4) is 0 Å². The van der Waals surface area contributed by atoms with Gasteiger partial charge in [0.15, 0.2) is 0 Å². The van der Waals surface area contributed by atoms with Crippen LogP contribution in [0.4, 0.5) is 0 Å². The number of nitrogens with zero attached hydrogens (tertiary/aromatic N) is 1. The first-order valence-corrected chi connectivity index (χ1v) is 8.81. The first-order valence-electron chi connectivity index (χ1n) is 8.81. The number of aryl methyl sites for hydroxylation is 1. The third-order valence-electron chi connectivity index (χ3n) is 4.38. The molecule has 1 aromatic rings. The molecule has 0 radical (unpaired) electrons. The molecule has 0 bridgehead atoms. The van der Waals surface area contributed by atoms with Gasteiger partial charge in [-0.3, -0.25) is 14.4 Å². The average Bonchev–Trinajstić information content (AvgIpc) is 2.51. The number of amides is 2. The lowest BCUT2D eigenvalue weighted by molar-refractivity contribution is -0.122.